The van der Waals surface area contributed by atoms with Crippen LogP contribution in [-0.4, -0.2) is 0 Å². The van der Waals surface area contributed by atoms with Crippen molar-refractivity contribution >= 4 is 65.9 Å². The van der Waals surface area contributed by atoms with Crippen molar-refractivity contribution in [2.75, 3.05) is 4.90 Å². The van der Waals surface area contributed by atoms with Crippen LogP contribution < -0.4 is 4.90 Å². The van der Waals surface area contributed by atoms with Gasteiger partial charge in [-0.2, -0.15) is 0 Å². The third kappa shape index (κ3) is 4.87. The molecule has 2 nitrogen and oxygen atoms in total. The molecule has 1 heterocycles. The monoisotopic (exact) mass is 653 g/mol. The van der Waals surface area contributed by atoms with E-state index in [2.05, 4.69) is 188 Å². The summed E-state index contributed by atoms with van der Waals surface area (Å²) in [5.41, 5.74) is 10.4. The Morgan fingerprint density at radius 2 is 0.941 bits per heavy atom. The normalized spacial score (nSPS) is 14.2. The largest absolute Gasteiger partial charge is 0.456 e. The lowest BCUT2D eigenvalue weighted by Crippen LogP contribution is -2.10. The van der Waals surface area contributed by atoms with Crippen LogP contribution in [0.3, 0.4) is 0 Å². The zero-order valence-corrected chi connectivity index (χ0v) is 28.4. The smallest absolute Gasteiger partial charge is 0.139 e. The number of rotatable bonds is 5. The minimum atomic E-state index is 0.419. The van der Waals surface area contributed by atoms with E-state index in [9.17, 15) is 0 Å². The molecule has 10 rings (SSSR count). The van der Waals surface area contributed by atoms with Gasteiger partial charge < -0.3 is 9.32 Å². The maximum atomic E-state index is 6.52. The van der Waals surface area contributed by atoms with Crippen molar-refractivity contribution in [3.8, 4) is 11.1 Å². The van der Waals surface area contributed by atoms with Crippen molar-refractivity contribution in [3.63, 3.8) is 0 Å². The van der Waals surface area contributed by atoms with Crippen LogP contribution in [0.2, 0.25) is 0 Å². The van der Waals surface area contributed by atoms with E-state index in [1.165, 1.54) is 65.5 Å². The Morgan fingerprint density at radius 3 is 1.59 bits per heavy atom. The van der Waals surface area contributed by atoms with E-state index in [1.54, 1.807) is 0 Å². The van der Waals surface area contributed by atoms with Gasteiger partial charge in [0.15, 0.2) is 0 Å². The minimum Gasteiger partial charge on any atom is -0.456 e. The molecule has 0 unspecified atom stereocenters. The second kappa shape index (κ2) is 11.9. The third-order valence-electron chi connectivity index (χ3n) is 10.7. The summed E-state index contributed by atoms with van der Waals surface area (Å²) in [5, 5.41) is 8.86. The van der Waals surface area contributed by atoms with Crippen LogP contribution in [0.1, 0.15) is 36.1 Å². The standard InChI is InChI=1S/C49H35NO/c1-32-19-29-39(49-48(32)45-17-9-10-18-47(45)51-49)35-22-26-37(27-23-35)50(36-24-20-34(21-25-36)33-11-3-2-4-12-33)38-28-30-44-42-15-6-5-13-40(42)41-14-7-8-16-43(41)46(44)31-38/h2-18,20-32H,19H2,1H3/t32-/m1/s1. The predicted octanol–water partition coefficient (Wildman–Crippen LogP) is 14.0. The summed E-state index contributed by atoms with van der Waals surface area (Å²) in [7, 11) is 0. The zero-order valence-electron chi connectivity index (χ0n) is 28.4. The van der Waals surface area contributed by atoms with Crippen molar-refractivity contribution in [2.24, 2.45) is 0 Å². The first-order chi connectivity index (χ1) is 25.2. The minimum absolute atomic E-state index is 0.419. The fraction of sp³-hybridized carbons (Fsp3) is 0.0612. The molecule has 0 fully saturated rings. The highest BCUT2D eigenvalue weighted by Gasteiger charge is 2.26. The fourth-order valence-electron chi connectivity index (χ4n) is 8.21. The molecular weight excluding hydrogens is 619 g/mol. The molecular formula is C49H35NO. The Hall–Kier alpha value is -6.38. The molecule has 0 radical (unpaired) electrons. The molecule has 0 bridgehead atoms. The van der Waals surface area contributed by atoms with E-state index in [-0.39, 0.29) is 0 Å². The molecule has 0 saturated carbocycles. The second-order valence-corrected chi connectivity index (χ2v) is 13.7. The lowest BCUT2D eigenvalue weighted by Gasteiger charge is -2.27. The quantitative estimate of drug-likeness (QED) is 0.172. The lowest BCUT2D eigenvalue weighted by molar-refractivity contribution is 0.581. The summed E-state index contributed by atoms with van der Waals surface area (Å²) in [5.74, 6) is 1.42. The van der Waals surface area contributed by atoms with E-state index in [1.807, 2.05) is 0 Å². The van der Waals surface area contributed by atoms with Gasteiger partial charge in [0.25, 0.3) is 0 Å². The number of hydrogen-bond acceptors (Lipinski definition) is 2. The van der Waals surface area contributed by atoms with Gasteiger partial charge in [0.1, 0.15) is 11.3 Å². The molecule has 2 heteroatoms. The average molecular weight is 654 g/mol. The SMILES string of the molecule is C[C@@H]1CC=C(c2ccc(N(c3ccc(-c4ccccc4)cc3)c3ccc4c5ccccc5c5ccccc5c4c3)cc2)c2oc3ccccc3c21. The van der Waals surface area contributed by atoms with Crippen molar-refractivity contribution in [3.05, 3.63) is 193 Å². The molecule has 9 aromatic rings. The summed E-state index contributed by atoms with van der Waals surface area (Å²) < 4.78 is 6.52. The van der Waals surface area contributed by atoms with Crippen molar-refractivity contribution in [1.29, 1.82) is 0 Å². The van der Waals surface area contributed by atoms with Gasteiger partial charge in [-0.1, -0.05) is 140 Å². The van der Waals surface area contributed by atoms with Crippen molar-refractivity contribution in [1.82, 2.24) is 0 Å². The second-order valence-electron chi connectivity index (χ2n) is 13.7. The number of hydrogen-bond donors (Lipinski definition) is 0. The highest BCUT2D eigenvalue weighted by atomic mass is 16.3. The first-order valence-electron chi connectivity index (χ1n) is 17.8. The van der Waals surface area contributed by atoms with E-state index < -0.39 is 0 Å². The van der Waals surface area contributed by atoms with Gasteiger partial charge in [-0.3, -0.25) is 0 Å². The maximum Gasteiger partial charge on any atom is 0.139 e. The number of nitrogens with zero attached hydrogens (tertiary/aromatic N) is 1. The summed E-state index contributed by atoms with van der Waals surface area (Å²) >= 11 is 0. The van der Waals surface area contributed by atoms with E-state index in [0.29, 0.717) is 5.92 Å². The fourth-order valence-corrected chi connectivity index (χ4v) is 8.21. The molecule has 1 aliphatic carbocycles. The Morgan fingerprint density at radius 1 is 0.451 bits per heavy atom. The van der Waals surface area contributed by atoms with E-state index >= 15 is 0 Å². The Labute approximate surface area is 297 Å². The molecule has 0 spiro atoms. The van der Waals surface area contributed by atoms with Crippen LogP contribution in [0.25, 0.3) is 60.0 Å². The molecule has 1 atom stereocenters. The number of benzene rings is 8. The Bertz CT molecular complexity index is 2740. The topological polar surface area (TPSA) is 16.4 Å². The van der Waals surface area contributed by atoms with Crippen LogP contribution in [0, 0.1) is 0 Å². The summed E-state index contributed by atoms with van der Waals surface area (Å²) in [6.07, 6.45) is 3.34. The number of anilines is 3. The maximum absolute atomic E-state index is 6.52. The molecule has 51 heavy (non-hydrogen) atoms. The number of allylic oxidation sites excluding steroid dienone is 1. The number of para-hydroxylation sites is 1. The Balaban J connectivity index is 1.12. The molecule has 8 aromatic carbocycles. The van der Waals surface area contributed by atoms with Crippen LogP contribution in [0.15, 0.2) is 180 Å². The zero-order chi connectivity index (χ0) is 33.9. The summed E-state index contributed by atoms with van der Waals surface area (Å²) in [6.45, 7) is 2.30. The molecule has 0 amide bonds. The van der Waals surface area contributed by atoms with Gasteiger partial charge in [0.05, 0.1) is 0 Å². The highest BCUT2D eigenvalue weighted by Crippen LogP contribution is 2.45. The number of furan rings is 1. The summed E-state index contributed by atoms with van der Waals surface area (Å²) in [4.78, 5) is 2.38. The number of fused-ring (bicyclic) bond motifs is 9. The predicted molar refractivity (Wildman–Crippen MR) is 215 cm³/mol. The summed E-state index contributed by atoms with van der Waals surface area (Å²) in [6, 6.07) is 61.5. The van der Waals surface area contributed by atoms with E-state index in [0.717, 1.165) is 34.8 Å². The van der Waals surface area contributed by atoms with Gasteiger partial charge in [-0.15, -0.1) is 0 Å². The van der Waals surface area contributed by atoms with E-state index in [4.69, 9.17) is 4.42 Å². The Kier molecular flexibility index (Phi) is 6.89. The van der Waals surface area contributed by atoms with Crippen LogP contribution in [0.4, 0.5) is 17.1 Å². The van der Waals surface area contributed by atoms with Crippen LogP contribution in [0.5, 0.6) is 0 Å². The van der Waals surface area contributed by atoms with Gasteiger partial charge in [0.2, 0.25) is 0 Å². The van der Waals surface area contributed by atoms with Crippen LogP contribution >= 0.6 is 0 Å². The van der Waals surface area contributed by atoms with Gasteiger partial charge in [-0.25, -0.2) is 0 Å². The van der Waals surface area contributed by atoms with Gasteiger partial charge >= 0.3 is 0 Å². The molecule has 242 valence electrons. The average Bonchev–Trinajstić information content (AvgIpc) is 3.60. The van der Waals surface area contributed by atoms with Crippen molar-refractivity contribution in [2.45, 2.75) is 19.3 Å². The highest BCUT2D eigenvalue weighted by molar-refractivity contribution is 6.25. The molecule has 0 N–H and O–H groups in total. The molecule has 0 aliphatic heterocycles. The molecule has 1 aliphatic rings. The van der Waals surface area contributed by atoms with Gasteiger partial charge in [0, 0.05) is 33.6 Å². The molecule has 1 aromatic heterocycles. The first kappa shape index (κ1) is 29.5. The van der Waals surface area contributed by atoms with Gasteiger partial charge in [-0.05, 0) is 104 Å². The van der Waals surface area contributed by atoms with Crippen molar-refractivity contribution < 1.29 is 4.42 Å². The molecule has 0 saturated heterocycles. The van der Waals surface area contributed by atoms with Crippen LogP contribution in [-0.2, 0) is 0 Å². The third-order valence-corrected chi connectivity index (χ3v) is 10.7. The first-order valence-corrected chi connectivity index (χ1v) is 17.8. The lowest BCUT2D eigenvalue weighted by atomic mass is 9.85.